The highest BCUT2D eigenvalue weighted by molar-refractivity contribution is 5.33. The van der Waals surface area contributed by atoms with Crippen molar-refractivity contribution in [3.63, 3.8) is 0 Å². The van der Waals surface area contributed by atoms with E-state index in [-0.39, 0.29) is 5.41 Å². The Hall–Kier alpha value is -2.35. The first-order chi connectivity index (χ1) is 27.2. The van der Waals surface area contributed by atoms with Gasteiger partial charge in [0.1, 0.15) is 5.82 Å². The van der Waals surface area contributed by atoms with Crippen LogP contribution in [0.5, 0.6) is 0 Å². The number of aromatic nitrogens is 2. The van der Waals surface area contributed by atoms with Crippen molar-refractivity contribution < 1.29 is 0 Å². The number of benzene rings is 2. The first kappa shape index (κ1) is 47.0. The van der Waals surface area contributed by atoms with E-state index in [0.717, 1.165) is 13.0 Å². The molecule has 0 fully saturated rings. The molecule has 0 aliphatic heterocycles. The van der Waals surface area contributed by atoms with Crippen LogP contribution in [0.4, 0.5) is 0 Å². The number of aryl methyl sites for hydroxylation is 1. The van der Waals surface area contributed by atoms with E-state index in [1.165, 1.54) is 216 Å². The topological polar surface area (TPSA) is 17.8 Å². The van der Waals surface area contributed by atoms with Crippen LogP contribution in [0.2, 0.25) is 0 Å². The predicted octanol–water partition coefficient (Wildman–Crippen LogP) is 17.3. The molecule has 2 nitrogen and oxygen atoms in total. The van der Waals surface area contributed by atoms with Crippen LogP contribution < -0.4 is 0 Å². The molecule has 2 aromatic carbocycles. The molecular weight excluding hydrogens is 665 g/mol. The minimum absolute atomic E-state index is 0.0310. The van der Waals surface area contributed by atoms with Crippen LogP contribution >= 0.6 is 0 Å². The zero-order valence-electron chi connectivity index (χ0n) is 36.7. The lowest BCUT2D eigenvalue weighted by atomic mass is 9.66. The molecule has 2 heteroatoms. The molecule has 0 saturated carbocycles. The van der Waals surface area contributed by atoms with Crippen LogP contribution in [-0.4, -0.2) is 9.55 Å². The van der Waals surface area contributed by atoms with Crippen molar-refractivity contribution in [1.29, 1.82) is 0 Å². The normalized spacial score (nSPS) is 13.3. The highest BCUT2D eigenvalue weighted by atomic mass is 15.1. The van der Waals surface area contributed by atoms with Gasteiger partial charge in [0, 0.05) is 30.3 Å². The number of nitrogens with zero attached hydrogens (tertiary/aromatic N) is 2. The van der Waals surface area contributed by atoms with Crippen molar-refractivity contribution in [1.82, 2.24) is 9.55 Å². The molecule has 310 valence electrons. The molecule has 1 aromatic heterocycles. The first-order valence-corrected chi connectivity index (χ1v) is 24.3. The highest BCUT2D eigenvalue weighted by Gasteiger charge is 2.39. The predicted molar refractivity (Wildman–Crippen MR) is 243 cm³/mol. The molecule has 1 heterocycles. The monoisotopic (exact) mass is 753 g/mol. The molecule has 0 radical (unpaired) electrons. The summed E-state index contributed by atoms with van der Waals surface area (Å²) in [6, 6.07) is 22.6. The molecule has 55 heavy (non-hydrogen) atoms. The lowest BCUT2D eigenvalue weighted by Crippen LogP contribution is -2.35. The van der Waals surface area contributed by atoms with Gasteiger partial charge in [0.15, 0.2) is 0 Å². The van der Waals surface area contributed by atoms with Crippen molar-refractivity contribution in [2.75, 3.05) is 0 Å². The summed E-state index contributed by atoms with van der Waals surface area (Å²) in [4.78, 5) is 5.19. The van der Waals surface area contributed by atoms with E-state index in [0.29, 0.717) is 5.92 Å². The standard InChI is InChI=1S/C53H88N2/c1-4-6-8-10-12-14-16-18-20-22-24-26-28-30-38-44-51(53(3,50-42-36-33-37-43-50)48-49-40-34-32-35-41-49)52-54-45-47-55(52)46-39-31-29-27-25-23-21-19-17-15-13-11-9-7-5-2/h32-37,40-43,45,47,51H,4-31,38-39,44,46,48H2,1-3H3. The first-order valence-electron chi connectivity index (χ1n) is 24.3. The Bertz CT molecular complexity index is 1250. The molecule has 0 bridgehead atoms. The summed E-state index contributed by atoms with van der Waals surface area (Å²) in [5, 5.41) is 0. The van der Waals surface area contributed by atoms with E-state index in [4.69, 9.17) is 4.98 Å². The van der Waals surface area contributed by atoms with Gasteiger partial charge in [-0.1, -0.05) is 268 Å². The largest absolute Gasteiger partial charge is 0.335 e. The van der Waals surface area contributed by atoms with Crippen molar-refractivity contribution in [3.8, 4) is 0 Å². The average Bonchev–Trinajstić information content (AvgIpc) is 3.67. The van der Waals surface area contributed by atoms with E-state index >= 15 is 0 Å². The van der Waals surface area contributed by atoms with Gasteiger partial charge in [-0.05, 0) is 30.4 Å². The summed E-state index contributed by atoms with van der Waals surface area (Å²) < 4.78 is 2.55. The van der Waals surface area contributed by atoms with Gasteiger partial charge in [-0.3, -0.25) is 0 Å². The Kier molecular flexibility index (Phi) is 27.1. The molecule has 2 atom stereocenters. The van der Waals surface area contributed by atoms with E-state index in [2.05, 4.69) is 98.4 Å². The molecule has 0 amide bonds. The Morgan fingerprint density at radius 1 is 0.473 bits per heavy atom. The van der Waals surface area contributed by atoms with Gasteiger partial charge in [-0.15, -0.1) is 0 Å². The number of hydrogen-bond acceptors (Lipinski definition) is 1. The molecule has 2 unspecified atom stereocenters. The maximum atomic E-state index is 5.19. The van der Waals surface area contributed by atoms with Gasteiger partial charge in [0.25, 0.3) is 0 Å². The fourth-order valence-electron chi connectivity index (χ4n) is 9.19. The molecular formula is C53H88N2. The third-order valence-corrected chi connectivity index (χ3v) is 12.8. The Balaban J connectivity index is 1.47. The average molecular weight is 753 g/mol. The van der Waals surface area contributed by atoms with Crippen molar-refractivity contribution in [2.24, 2.45) is 0 Å². The number of rotatable bonds is 37. The molecule has 0 spiro atoms. The summed E-state index contributed by atoms with van der Waals surface area (Å²) in [7, 11) is 0. The van der Waals surface area contributed by atoms with Crippen LogP contribution in [0.3, 0.4) is 0 Å². The van der Waals surface area contributed by atoms with Crippen LogP contribution in [0.1, 0.15) is 243 Å². The van der Waals surface area contributed by atoms with Crippen LogP contribution in [0.15, 0.2) is 73.1 Å². The SMILES string of the molecule is CCCCCCCCCCCCCCCCCC(c1nccn1CCCCCCCCCCCCCCCCC)C(C)(Cc1ccccc1)c1ccccc1. The van der Waals surface area contributed by atoms with E-state index in [1.54, 1.807) is 0 Å². The second kappa shape index (κ2) is 31.7. The molecule has 0 N–H and O–H groups in total. The molecule has 0 aliphatic carbocycles. The van der Waals surface area contributed by atoms with Crippen LogP contribution in [0.25, 0.3) is 0 Å². The van der Waals surface area contributed by atoms with E-state index in [9.17, 15) is 0 Å². The van der Waals surface area contributed by atoms with Gasteiger partial charge in [0.2, 0.25) is 0 Å². The van der Waals surface area contributed by atoms with Crippen molar-refractivity contribution >= 4 is 0 Å². The van der Waals surface area contributed by atoms with Gasteiger partial charge in [0.05, 0.1) is 0 Å². The Labute approximate surface area is 342 Å². The molecule has 3 aromatic rings. The zero-order valence-corrected chi connectivity index (χ0v) is 36.7. The summed E-state index contributed by atoms with van der Waals surface area (Å²) in [6.07, 6.45) is 48.9. The number of imidazole rings is 1. The van der Waals surface area contributed by atoms with Gasteiger partial charge in [-0.2, -0.15) is 0 Å². The summed E-state index contributed by atoms with van der Waals surface area (Å²) in [5.41, 5.74) is 2.85. The Morgan fingerprint density at radius 2 is 0.855 bits per heavy atom. The molecule has 3 rings (SSSR count). The molecule has 0 aliphatic rings. The zero-order chi connectivity index (χ0) is 38.9. The van der Waals surface area contributed by atoms with Gasteiger partial charge >= 0.3 is 0 Å². The number of unbranched alkanes of at least 4 members (excludes halogenated alkanes) is 28. The van der Waals surface area contributed by atoms with Gasteiger partial charge < -0.3 is 4.57 Å². The van der Waals surface area contributed by atoms with Crippen LogP contribution in [-0.2, 0) is 18.4 Å². The molecule has 0 saturated heterocycles. The third-order valence-electron chi connectivity index (χ3n) is 12.8. The fraction of sp³-hybridized carbons (Fsp3) is 0.717. The van der Waals surface area contributed by atoms with E-state index < -0.39 is 0 Å². The second-order valence-electron chi connectivity index (χ2n) is 17.7. The lowest BCUT2D eigenvalue weighted by Gasteiger charge is -2.39. The minimum Gasteiger partial charge on any atom is -0.335 e. The van der Waals surface area contributed by atoms with Crippen molar-refractivity contribution in [3.05, 3.63) is 90.0 Å². The maximum Gasteiger partial charge on any atom is 0.112 e. The summed E-state index contributed by atoms with van der Waals surface area (Å²) >= 11 is 0. The number of hydrogen-bond donors (Lipinski definition) is 0. The lowest BCUT2D eigenvalue weighted by molar-refractivity contribution is 0.321. The summed E-state index contributed by atoms with van der Waals surface area (Å²) in [6.45, 7) is 8.25. The van der Waals surface area contributed by atoms with Crippen molar-refractivity contribution in [2.45, 2.75) is 244 Å². The second-order valence-corrected chi connectivity index (χ2v) is 17.7. The minimum atomic E-state index is -0.0310. The van der Waals surface area contributed by atoms with Gasteiger partial charge in [-0.25, -0.2) is 4.98 Å². The van der Waals surface area contributed by atoms with E-state index in [1.807, 2.05) is 0 Å². The quantitative estimate of drug-likeness (QED) is 0.0536. The van der Waals surface area contributed by atoms with Crippen LogP contribution in [0, 0.1) is 0 Å². The fourth-order valence-corrected chi connectivity index (χ4v) is 9.19. The highest BCUT2D eigenvalue weighted by Crippen LogP contribution is 2.44. The Morgan fingerprint density at radius 3 is 1.29 bits per heavy atom. The summed E-state index contributed by atoms with van der Waals surface area (Å²) in [5.74, 6) is 1.70. The smallest absolute Gasteiger partial charge is 0.112 e. The third kappa shape index (κ3) is 20.6. The maximum absolute atomic E-state index is 5.19.